The van der Waals surface area contributed by atoms with Gasteiger partial charge in [0.2, 0.25) is 11.8 Å². The van der Waals surface area contributed by atoms with Crippen molar-refractivity contribution < 1.29 is 14.3 Å². The quantitative estimate of drug-likeness (QED) is 0.839. The summed E-state index contributed by atoms with van der Waals surface area (Å²) in [7, 11) is 0. The Kier molecular flexibility index (Phi) is 5.68. The van der Waals surface area contributed by atoms with Gasteiger partial charge in [0.05, 0.1) is 18.8 Å². The van der Waals surface area contributed by atoms with Crippen LogP contribution in [0, 0.1) is 13.8 Å². The molecule has 1 aliphatic rings. The van der Waals surface area contributed by atoms with E-state index in [1.807, 2.05) is 54.9 Å². The van der Waals surface area contributed by atoms with Crippen LogP contribution in [0.3, 0.4) is 0 Å². The molecule has 26 heavy (non-hydrogen) atoms. The third kappa shape index (κ3) is 4.29. The molecule has 1 N–H and O–H groups in total. The SMILES string of the molecule is Cc1cc(C)n(CCNC(=O)[C@H]2COCC(=O)N2Cc2ccccc2)n1. The second-order valence-electron chi connectivity index (χ2n) is 6.48. The number of ether oxygens (including phenoxy) is 1. The third-order valence-corrected chi connectivity index (χ3v) is 4.42. The van der Waals surface area contributed by atoms with Crippen molar-refractivity contribution in [3.63, 3.8) is 0 Å². The van der Waals surface area contributed by atoms with E-state index in [-0.39, 0.29) is 25.0 Å². The van der Waals surface area contributed by atoms with Crippen LogP contribution in [0.2, 0.25) is 0 Å². The largest absolute Gasteiger partial charge is 0.369 e. The lowest BCUT2D eigenvalue weighted by atomic mass is 10.1. The molecular weight excluding hydrogens is 332 g/mol. The first-order chi connectivity index (χ1) is 12.5. The van der Waals surface area contributed by atoms with Crippen molar-refractivity contribution in [2.45, 2.75) is 33.0 Å². The molecule has 1 aromatic heterocycles. The molecule has 2 amide bonds. The molecule has 2 aromatic rings. The van der Waals surface area contributed by atoms with E-state index >= 15 is 0 Å². The Morgan fingerprint density at radius 3 is 2.77 bits per heavy atom. The molecule has 0 radical (unpaired) electrons. The van der Waals surface area contributed by atoms with Gasteiger partial charge in [-0.25, -0.2) is 0 Å². The van der Waals surface area contributed by atoms with Crippen LogP contribution < -0.4 is 5.32 Å². The van der Waals surface area contributed by atoms with Gasteiger partial charge in [-0.05, 0) is 25.5 Å². The Bertz CT molecular complexity index is 772. The number of aryl methyl sites for hydroxylation is 2. The molecule has 0 unspecified atom stereocenters. The molecule has 1 aliphatic heterocycles. The molecule has 3 rings (SSSR count). The van der Waals surface area contributed by atoms with E-state index < -0.39 is 6.04 Å². The van der Waals surface area contributed by atoms with Crippen LogP contribution in [0.5, 0.6) is 0 Å². The zero-order valence-electron chi connectivity index (χ0n) is 15.1. The molecular formula is C19H24N4O3. The van der Waals surface area contributed by atoms with Crippen LogP contribution in [0.15, 0.2) is 36.4 Å². The molecule has 0 aliphatic carbocycles. The topological polar surface area (TPSA) is 76.5 Å². The van der Waals surface area contributed by atoms with Gasteiger partial charge in [0.1, 0.15) is 12.6 Å². The Morgan fingerprint density at radius 2 is 2.08 bits per heavy atom. The fraction of sp³-hybridized carbons (Fsp3) is 0.421. The van der Waals surface area contributed by atoms with Crippen molar-refractivity contribution in [2.75, 3.05) is 19.8 Å². The average Bonchev–Trinajstić information content (AvgIpc) is 2.95. The number of carbonyl (C=O) groups excluding carboxylic acids is 2. The fourth-order valence-electron chi connectivity index (χ4n) is 3.10. The van der Waals surface area contributed by atoms with E-state index in [2.05, 4.69) is 10.4 Å². The van der Waals surface area contributed by atoms with E-state index in [0.29, 0.717) is 19.6 Å². The van der Waals surface area contributed by atoms with Gasteiger partial charge in [-0.3, -0.25) is 14.3 Å². The molecule has 0 saturated carbocycles. The van der Waals surface area contributed by atoms with Crippen molar-refractivity contribution in [3.8, 4) is 0 Å². The predicted molar refractivity (Wildman–Crippen MR) is 96.3 cm³/mol. The maximum Gasteiger partial charge on any atom is 0.249 e. The number of nitrogens with one attached hydrogen (secondary N) is 1. The van der Waals surface area contributed by atoms with Gasteiger partial charge in [-0.15, -0.1) is 0 Å². The molecule has 1 fully saturated rings. The fourth-order valence-corrected chi connectivity index (χ4v) is 3.10. The van der Waals surface area contributed by atoms with Crippen molar-refractivity contribution in [3.05, 3.63) is 53.3 Å². The molecule has 7 heteroatoms. The summed E-state index contributed by atoms with van der Waals surface area (Å²) in [5, 5.41) is 7.28. The highest BCUT2D eigenvalue weighted by atomic mass is 16.5. The zero-order chi connectivity index (χ0) is 18.5. The highest BCUT2D eigenvalue weighted by Gasteiger charge is 2.33. The van der Waals surface area contributed by atoms with Crippen molar-refractivity contribution >= 4 is 11.8 Å². The first kappa shape index (κ1) is 18.1. The molecule has 138 valence electrons. The zero-order valence-corrected chi connectivity index (χ0v) is 15.1. The molecule has 2 heterocycles. The summed E-state index contributed by atoms with van der Waals surface area (Å²) in [5.41, 5.74) is 3.00. The molecule has 7 nitrogen and oxygen atoms in total. The summed E-state index contributed by atoms with van der Waals surface area (Å²) in [6, 6.07) is 11.0. The van der Waals surface area contributed by atoms with Gasteiger partial charge in [0.25, 0.3) is 0 Å². The van der Waals surface area contributed by atoms with E-state index in [0.717, 1.165) is 17.0 Å². The summed E-state index contributed by atoms with van der Waals surface area (Å²) < 4.78 is 7.16. The Labute approximate surface area is 152 Å². The summed E-state index contributed by atoms with van der Waals surface area (Å²) in [4.78, 5) is 26.5. The smallest absolute Gasteiger partial charge is 0.249 e. The second-order valence-corrected chi connectivity index (χ2v) is 6.48. The van der Waals surface area contributed by atoms with E-state index in [4.69, 9.17) is 4.74 Å². The lowest BCUT2D eigenvalue weighted by Crippen LogP contribution is -2.56. The maximum absolute atomic E-state index is 12.6. The third-order valence-electron chi connectivity index (χ3n) is 4.42. The van der Waals surface area contributed by atoms with Gasteiger partial charge >= 0.3 is 0 Å². The monoisotopic (exact) mass is 356 g/mol. The molecule has 0 bridgehead atoms. The van der Waals surface area contributed by atoms with Gasteiger partial charge < -0.3 is 15.0 Å². The molecule has 1 atom stereocenters. The van der Waals surface area contributed by atoms with Crippen LogP contribution in [-0.2, 0) is 27.4 Å². The second kappa shape index (κ2) is 8.14. The molecule has 1 aromatic carbocycles. The van der Waals surface area contributed by atoms with Gasteiger partial charge in [-0.2, -0.15) is 5.10 Å². The van der Waals surface area contributed by atoms with Crippen molar-refractivity contribution in [1.82, 2.24) is 20.0 Å². The number of hydrogen-bond donors (Lipinski definition) is 1. The average molecular weight is 356 g/mol. The number of aromatic nitrogens is 2. The van der Waals surface area contributed by atoms with Crippen molar-refractivity contribution in [2.24, 2.45) is 0 Å². The van der Waals surface area contributed by atoms with Gasteiger partial charge in [0.15, 0.2) is 0 Å². The van der Waals surface area contributed by atoms with Crippen LogP contribution in [-0.4, -0.2) is 52.3 Å². The first-order valence-corrected chi connectivity index (χ1v) is 8.74. The maximum atomic E-state index is 12.6. The first-order valence-electron chi connectivity index (χ1n) is 8.74. The minimum Gasteiger partial charge on any atom is -0.369 e. The normalized spacial score (nSPS) is 17.4. The number of benzene rings is 1. The number of rotatable bonds is 6. The van der Waals surface area contributed by atoms with Gasteiger partial charge in [0, 0.05) is 18.8 Å². The van der Waals surface area contributed by atoms with Crippen LogP contribution in [0.4, 0.5) is 0 Å². The van der Waals surface area contributed by atoms with Crippen LogP contribution in [0.1, 0.15) is 17.0 Å². The summed E-state index contributed by atoms with van der Waals surface area (Å²) in [5.74, 6) is -0.366. The van der Waals surface area contributed by atoms with Gasteiger partial charge in [-0.1, -0.05) is 30.3 Å². The number of nitrogens with zero attached hydrogens (tertiary/aromatic N) is 3. The van der Waals surface area contributed by atoms with E-state index in [1.165, 1.54) is 0 Å². The summed E-state index contributed by atoms with van der Waals surface area (Å²) in [6.07, 6.45) is 0. The van der Waals surface area contributed by atoms with Crippen LogP contribution >= 0.6 is 0 Å². The highest BCUT2D eigenvalue weighted by molar-refractivity contribution is 5.89. The standard InChI is InChI=1S/C19H24N4O3/c1-14-10-15(2)23(21-14)9-8-20-19(25)17-12-26-13-18(24)22(17)11-16-6-4-3-5-7-16/h3-7,10,17H,8-9,11-13H2,1-2H3,(H,20,25)/t17-/m1/s1. The Hall–Kier alpha value is -2.67. The predicted octanol–water partition coefficient (Wildman–Crippen LogP) is 1.04. The lowest BCUT2D eigenvalue weighted by molar-refractivity contribution is -0.155. The summed E-state index contributed by atoms with van der Waals surface area (Å²) >= 11 is 0. The minimum atomic E-state index is -0.614. The van der Waals surface area contributed by atoms with E-state index in [9.17, 15) is 9.59 Å². The summed E-state index contributed by atoms with van der Waals surface area (Å²) in [6.45, 7) is 5.59. The van der Waals surface area contributed by atoms with E-state index in [1.54, 1.807) is 4.90 Å². The number of hydrogen-bond acceptors (Lipinski definition) is 4. The number of morpholine rings is 1. The molecule has 0 spiro atoms. The minimum absolute atomic E-state index is 0.0162. The van der Waals surface area contributed by atoms with Crippen molar-refractivity contribution in [1.29, 1.82) is 0 Å². The lowest BCUT2D eigenvalue weighted by Gasteiger charge is -2.34. The van der Waals surface area contributed by atoms with Crippen LogP contribution in [0.25, 0.3) is 0 Å². The number of carbonyl (C=O) groups is 2. The Balaban J connectivity index is 1.60. The highest BCUT2D eigenvalue weighted by Crippen LogP contribution is 2.14. The molecule has 1 saturated heterocycles. The number of amides is 2. The Morgan fingerprint density at radius 1 is 1.31 bits per heavy atom.